The van der Waals surface area contributed by atoms with Crippen molar-refractivity contribution in [1.29, 1.82) is 0 Å². The molecule has 0 saturated carbocycles. The summed E-state index contributed by atoms with van der Waals surface area (Å²) in [6.45, 7) is 0. The van der Waals surface area contributed by atoms with Gasteiger partial charge in [-0.25, -0.2) is 0 Å². The molecule has 2 aliphatic rings. The smallest absolute Gasteiger partial charge is 0.0726 e. The van der Waals surface area contributed by atoms with E-state index >= 15 is 0 Å². The Kier molecular flexibility index (Phi) is 7.08. The van der Waals surface area contributed by atoms with Crippen molar-refractivity contribution in [3.63, 3.8) is 0 Å². The van der Waals surface area contributed by atoms with Crippen molar-refractivity contribution in [3.05, 3.63) is 235 Å². The van der Waals surface area contributed by atoms with Gasteiger partial charge in [0.1, 0.15) is 0 Å². The number of anilines is 3. The Morgan fingerprint density at radius 2 is 0.842 bits per heavy atom. The number of nitrogens with zero attached hydrogens (tertiary/aromatic N) is 1. The molecule has 57 heavy (non-hydrogen) atoms. The van der Waals surface area contributed by atoms with Gasteiger partial charge in [-0.3, -0.25) is 0 Å². The molecule has 0 radical (unpaired) electrons. The van der Waals surface area contributed by atoms with Crippen LogP contribution in [0.25, 0.3) is 64.7 Å². The molecule has 0 saturated heterocycles. The van der Waals surface area contributed by atoms with Crippen LogP contribution in [0.5, 0.6) is 0 Å². The lowest BCUT2D eigenvalue weighted by Crippen LogP contribution is -2.26. The lowest BCUT2D eigenvalue weighted by atomic mass is 9.70. The third-order valence-corrected chi connectivity index (χ3v) is 13.5. The largest absolute Gasteiger partial charge is 0.310 e. The maximum absolute atomic E-state index is 2.49. The van der Waals surface area contributed by atoms with Gasteiger partial charge in [0.05, 0.1) is 11.1 Å². The van der Waals surface area contributed by atoms with E-state index in [0.29, 0.717) is 0 Å². The van der Waals surface area contributed by atoms with Crippen LogP contribution in [0, 0.1) is 0 Å². The molecule has 1 spiro atoms. The molecule has 10 aromatic rings. The van der Waals surface area contributed by atoms with Gasteiger partial charge < -0.3 is 4.90 Å². The first-order valence-electron chi connectivity index (χ1n) is 19.7. The molecular formula is C55H35NS. The second-order valence-corrected chi connectivity index (χ2v) is 16.2. The molecule has 266 valence electrons. The predicted molar refractivity (Wildman–Crippen MR) is 241 cm³/mol. The first-order valence-corrected chi connectivity index (χ1v) is 20.5. The minimum Gasteiger partial charge on any atom is -0.310 e. The molecule has 0 amide bonds. The highest BCUT2D eigenvalue weighted by Gasteiger charge is 2.51. The number of thiophene rings is 1. The van der Waals surface area contributed by atoms with Gasteiger partial charge in [-0.2, -0.15) is 0 Å². The zero-order valence-corrected chi connectivity index (χ0v) is 31.9. The number of fused-ring (bicyclic) bond motifs is 13. The quantitative estimate of drug-likeness (QED) is 0.170. The third-order valence-electron chi connectivity index (χ3n) is 12.3. The molecule has 0 bridgehead atoms. The van der Waals surface area contributed by atoms with E-state index in [0.717, 1.165) is 17.1 Å². The first-order chi connectivity index (χ1) is 28.3. The fourth-order valence-electron chi connectivity index (χ4n) is 9.94. The van der Waals surface area contributed by atoms with Crippen molar-refractivity contribution in [1.82, 2.24) is 0 Å². The van der Waals surface area contributed by atoms with Gasteiger partial charge in [0.15, 0.2) is 0 Å². The number of hydrogen-bond acceptors (Lipinski definition) is 2. The second-order valence-electron chi connectivity index (χ2n) is 15.2. The highest BCUT2D eigenvalue weighted by Crippen LogP contribution is 2.63. The van der Waals surface area contributed by atoms with Crippen LogP contribution < -0.4 is 4.90 Å². The maximum atomic E-state index is 2.49. The summed E-state index contributed by atoms with van der Waals surface area (Å²) in [6, 6.07) is 78.7. The van der Waals surface area contributed by atoms with Crippen LogP contribution in [-0.4, -0.2) is 0 Å². The van der Waals surface area contributed by atoms with Crippen molar-refractivity contribution < 1.29 is 0 Å². The SMILES string of the molecule is c1ccc(-c2ccccc2N(c2ccc(-c3cccc4c3sc3ccccc34)cc2)c2ccc3c(c2)C2(c4ccccc4-c4ccccc42)c2ccccc2-3)cc1. The standard InChI is InChI=1S/C55H35NS/c1-2-15-36(16-3-1)40-17-7-12-27-52(40)56(38-31-29-37(30-32-38)41-22-14-23-47-46-21-8-13-28-53(46)57-54(41)47)39-33-34-45-44-20-6-11-26-50(44)55(51(45)35-39)48-24-9-4-18-42(48)43-19-5-10-25-49(43)55/h1-35H. The van der Waals surface area contributed by atoms with Crippen molar-refractivity contribution in [2.24, 2.45) is 0 Å². The van der Waals surface area contributed by atoms with Crippen molar-refractivity contribution in [2.45, 2.75) is 5.41 Å². The average molecular weight is 742 g/mol. The molecule has 0 aliphatic heterocycles. The predicted octanol–water partition coefficient (Wildman–Crippen LogP) is 15.2. The molecule has 2 aliphatic carbocycles. The van der Waals surface area contributed by atoms with Gasteiger partial charge in [-0.1, -0.05) is 176 Å². The summed E-state index contributed by atoms with van der Waals surface area (Å²) >= 11 is 1.88. The van der Waals surface area contributed by atoms with E-state index in [4.69, 9.17) is 0 Å². The molecule has 12 rings (SSSR count). The Bertz CT molecular complexity index is 3130. The molecule has 9 aromatic carbocycles. The summed E-state index contributed by atoms with van der Waals surface area (Å²) in [5.41, 5.74) is 18.4. The summed E-state index contributed by atoms with van der Waals surface area (Å²) in [5.74, 6) is 0. The summed E-state index contributed by atoms with van der Waals surface area (Å²) in [4.78, 5) is 2.47. The molecule has 0 N–H and O–H groups in total. The topological polar surface area (TPSA) is 3.24 Å². The fourth-order valence-corrected chi connectivity index (χ4v) is 11.2. The Morgan fingerprint density at radius 3 is 1.54 bits per heavy atom. The summed E-state index contributed by atoms with van der Waals surface area (Å²) < 4.78 is 2.66. The second kappa shape index (κ2) is 12.5. The van der Waals surface area contributed by atoms with Gasteiger partial charge in [-0.05, 0) is 97.6 Å². The van der Waals surface area contributed by atoms with Crippen molar-refractivity contribution >= 4 is 48.6 Å². The molecule has 0 atom stereocenters. The zero-order chi connectivity index (χ0) is 37.5. The first kappa shape index (κ1) is 32.3. The fraction of sp³-hybridized carbons (Fsp3) is 0.0182. The van der Waals surface area contributed by atoms with Crippen LogP contribution in [0.2, 0.25) is 0 Å². The van der Waals surface area contributed by atoms with E-state index < -0.39 is 5.41 Å². The molecular weight excluding hydrogens is 707 g/mol. The monoisotopic (exact) mass is 741 g/mol. The van der Waals surface area contributed by atoms with Crippen LogP contribution in [0.1, 0.15) is 22.3 Å². The number of para-hydroxylation sites is 1. The van der Waals surface area contributed by atoms with E-state index in [1.54, 1.807) is 0 Å². The van der Waals surface area contributed by atoms with Gasteiger partial charge in [0, 0.05) is 37.1 Å². The average Bonchev–Trinajstić information content (AvgIpc) is 3.91. The zero-order valence-electron chi connectivity index (χ0n) is 31.1. The van der Waals surface area contributed by atoms with Gasteiger partial charge >= 0.3 is 0 Å². The maximum Gasteiger partial charge on any atom is 0.0726 e. The molecule has 1 nitrogen and oxygen atoms in total. The summed E-state index contributed by atoms with van der Waals surface area (Å²) in [7, 11) is 0. The van der Waals surface area contributed by atoms with Crippen molar-refractivity contribution in [3.8, 4) is 44.5 Å². The Hall–Kier alpha value is -7.00. The van der Waals surface area contributed by atoms with E-state index in [2.05, 4.69) is 217 Å². The number of benzene rings is 9. The summed E-state index contributed by atoms with van der Waals surface area (Å²) in [5, 5.41) is 2.64. The lowest BCUT2D eigenvalue weighted by Gasteiger charge is -2.32. The highest BCUT2D eigenvalue weighted by atomic mass is 32.1. The van der Waals surface area contributed by atoms with E-state index in [-0.39, 0.29) is 0 Å². The normalized spacial score (nSPS) is 13.1. The third kappa shape index (κ3) is 4.62. The van der Waals surface area contributed by atoms with Crippen LogP contribution >= 0.6 is 11.3 Å². The molecule has 2 heteroatoms. The van der Waals surface area contributed by atoms with E-state index in [9.17, 15) is 0 Å². The molecule has 1 heterocycles. The molecule has 0 unspecified atom stereocenters. The molecule has 1 aromatic heterocycles. The van der Waals surface area contributed by atoms with Gasteiger partial charge in [-0.15, -0.1) is 11.3 Å². The minimum atomic E-state index is -0.424. The van der Waals surface area contributed by atoms with Crippen LogP contribution in [-0.2, 0) is 5.41 Å². The number of rotatable bonds is 5. The van der Waals surface area contributed by atoms with E-state index in [1.807, 2.05) is 11.3 Å². The molecule has 0 fully saturated rings. The Morgan fingerprint density at radius 1 is 0.333 bits per heavy atom. The minimum absolute atomic E-state index is 0.424. The van der Waals surface area contributed by atoms with Crippen molar-refractivity contribution in [2.75, 3.05) is 4.90 Å². The van der Waals surface area contributed by atoms with Gasteiger partial charge in [0.25, 0.3) is 0 Å². The van der Waals surface area contributed by atoms with Crippen LogP contribution in [0.15, 0.2) is 212 Å². The van der Waals surface area contributed by atoms with Crippen LogP contribution in [0.3, 0.4) is 0 Å². The Balaban J connectivity index is 1.08. The van der Waals surface area contributed by atoms with E-state index in [1.165, 1.54) is 86.9 Å². The Labute approximate surface area is 336 Å². The van der Waals surface area contributed by atoms with Gasteiger partial charge in [0.2, 0.25) is 0 Å². The number of hydrogen-bond donors (Lipinski definition) is 0. The summed E-state index contributed by atoms with van der Waals surface area (Å²) in [6.07, 6.45) is 0. The lowest BCUT2D eigenvalue weighted by molar-refractivity contribution is 0.793. The van der Waals surface area contributed by atoms with Crippen LogP contribution in [0.4, 0.5) is 17.1 Å². The highest BCUT2D eigenvalue weighted by molar-refractivity contribution is 7.26.